The first kappa shape index (κ1) is 31.0. The van der Waals surface area contributed by atoms with Crippen molar-refractivity contribution in [1.82, 2.24) is 10.2 Å². The molecule has 3 aromatic carbocycles. The minimum Gasteiger partial charge on any atom is -0.378 e. The van der Waals surface area contributed by atoms with Crippen LogP contribution in [0.1, 0.15) is 22.3 Å². The van der Waals surface area contributed by atoms with E-state index in [1.165, 1.54) is 29.2 Å². The van der Waals surface area contributed by atoms with Crippen LogP contribution < -0.4 is 10.6 Å². The SMILES string of the molecule is O=C(NCc1ccccc1)Nc1cccc(Sc2ccc(/C=C/C(=O)N3CCOCC3)c(C(F)(F)F)c2C(F)(F)F)c1. The summed E-state index contributed by atoms with van der Waals surface area (Å²) >= 11 is 0.474. The van der Waals surface area contributed by atoms with Crippen molar-refractivity contribution in [2.45, 2.75) is 28.7 Å². The average molecular weight is 610 g/mol. The van der Waals surface area contributed by atoms with Crippen LogP contribution in [-0.2, 0) is 28.4 Å². The second-order valence-corrected chi connectivity index (χ2v) is 10.2. The molecule has 0 atom stereocenters. The Labute approximate surface area is 241 Å². The minimum atomic E-state index is -5.37. The van der Waals surface area contributed by atoms with Crippen molar-refractivity contribution in [2.75, 3.05) is 31.6 Å². The van der Waals surface area contributed by atoms with Gasteiger partial charge in [-0.15, -0.1) is 0 Å². The van der Waals surface area contributed by atoms with Crippen molar-refractivity contribution in [3.05, 3.63) is 95.1 Å². The fraction of sp³-hybridized carbons (Fsp3) is 0.241. The van der Waals surface area contributed by atoms with E-state index in [1.807, 2.05) is 30.3 Å². The van der Waals surface area contributed by atoms with Crippen LogP contribution in [0.2, 0.25) is 0 Å². The fourth-order valence-electron chi connectivity index (χ4n) is 4.18. The summed E-state index contributed by atoms with van der Waals surface area (Å²) in [6, 6.07) is 16.1. The summed E-state index contributed by atoms with van der Waals surface area (Å²) in [6.45, 7) is 1.19. The van der Waals surface area contributed by atoms with E-state index in [0.29, 0.717) is 11.8 Å². The number of hydrogen-bond acceptors (Lipinski definition) is 4. The van der Waals surface area contributed by atoms with Crippen LogP contribution in [0.5, 0.6) is 0 Å². The van der Waals surface area contributed by atoms with Crippen molar-refractivity contribution < 1.29 is 40.7 Å². The summed E-state index contributed by atoms with van der Waals surface area (Å²) < 4.78 is 90.1. The number of nitrogens with zero attached hydrogens (tertiary/aromatic N) is 1. The maximum absolute atomic E-state index is 14.2. The van der Waals surface area contributed by atoms with Crippen LogP contribution in [-0.4, -0.2) is 43.1 Å². The zero-order valence-electron chi connectivity index (χ0n) is 21.9. The summed E-state index contributed by atoms with van der Waals surface area (Å²) in [5.74, 6) is -0.629. The van der Waals surface area contributed by atoms with Crippen molar-refractivity contribution in [3.63, 3.8) is 0 Å². The highest BCUT2D eigenvalue weighted by Gasteiger charge is 2.46. The van der Waals surface area contributed by atoms with Crippen molar-refractivity contribution >= 4 is 35.5 Å². The van der Waals surface area contributed by atoms with Crippen molar-refractivity contribution in [2.24, 2.45) is 0 Å². The molecular formula is C29H25F6N3O3S. The lowest BCUT2D eigenvalue weighted by Crippen LogP contribution is -2.39. The molecule has 0 spiro atoms. The molecule has 1 heterocycles. The molecule has 0 saturated carbocycles. The number of alkyl halides is 6. The number of morpholine rings is 1. The van der Waals surface area contributed by atoms with Crippen LogP contribution in [0, 0.1) is 0 Å². The van der Waals surface area contributed by atoms with E-state index in [4.69, 9.17) is 4.74 Å². The number of carbonyl (C=O) groups is 2. The molecular weight excluding hydrogens is 584 g/mol. The predicted octanol–water partition coefficient (Wildman–Crippen LogP) is 7.07. The quantitative estimate of drug-likeness (QED) is 0.222. The number of nitrogens with one attached hydrogen (secondary N) is 2. The van der Waals surface area contributed by atoms with E-state index in [-0.39, 0.29) is 43.4 Å². The zero-order chi connectivity index (χ0) is 30.3. The Hall–Kier alpha value is -3.97. The molecule has 0 aliphatic carbocycles. The number of urea groups is 1. The van der Waals surface area contributed by atoms with Gasteiger partial charge in [-0.05, 0) is 41.5 Å². The van der Waals surface area contributed by atoms with Crippen molar-refractivity contribution in [1.29, 1.82) is 0 Å². The van der Waals surface area contributed by atoms with Crippen molar-refractivity contribution in [3.8, 4) is 0 Å². The van der Waals surface area contributed by atoms with Crippen LogP contribution >= 0.6 is 11.8 Å². The highest BCUT2D eigenvalue weighted by molar-refractivity contribution is 7.99. The van der Waals surface area contributed by atoms with Gasteiger partial charge in [0.05, 0.1) is 24.3 Å². The Balaban J connectivity index is 1.58. The van der Waals surface area contributed by atoms with E-state index in [2.05, 4.69) is 10.6 Å². The van der Waals surface area contributed by atoms with E-state index in [0.717, 1.165) is 29.8 Å². The van der Waals surface area contributed by atoms with Crippen LogP contribution in [0.25, 0.3) is 6.08 Å². The third kappa shape index (κ3) is 8.29. The average Bonchev–Trinajstić information content (AvgIpc) is 2.95. The molecule has 4 rings (SSSR count). The number of amides is 3. The van der Waals surface area contributed by atoms with Gasteiger partial charge in [0, 0.05) is 41.2 Å². The Kier molecular flexibility index (Phi) is 9.84. The Morgan fingerprint density at radius 1 is 0.881 bits per heavy atom. The Morgan fingerprint density at radius 2 is 1.57 bits per heavy atom. The maximum atomic E-state index is 14.2. The minimum absolute atomic E-state index is 0.167. The molecule has 3 amide bonds. The fourth-order valence-corrected chi connectivity index (χ4v) is 5.22. The number of hydrogen-bond donors (Lipinski definition) is 2. The predicted molar refractivity (Wildman–Crippen MR) is 146 cm³/mol. The van der Waals surface area contributed by atoms with Crippen LogP contribution in [0.15, 0.2) is 82.6 Å². The molecule has 6 nitrogen and oxygen atoms in total. The summed E-state index contributed by atoms with van der Waals surface area (Å²) in [5.41, 5.74) is -3.45. The number of halogens is 6. The Bertz CT molecular complexity index is 1440. The molecule has 42 heavy (non-hydrogen) atoms. The molecule has 13 heteroatoms. The third-order valence-corrected chi connectivity index (χ3v) is 7.16. The number of anilines is 1. The van der Waals surface area contributed by atoms with Gasteiger partial charge in [0.15, 0.2) is 0 Å². The number of benzene rings is 3. The monoisotopic (exact) mass is 609 g/mol. The normalized spacial score (nSPS) is 14.2. The van der Waals surface area contributed by atoms with Gasteiger partial charge in [-0.1, -0.05) is 54.2 Å². The first-order valence-electron chi connectivity index (χ1n) is 12.6. The maximum Gasteiger partial charge on any atom is 0.418 e. The number of ether oxygens (including phenoxy) is 1. The lowest BCUT2D eigenvalue weighted by atomic mass is 9.99. The summed E-state index contributed by atoms with van der Waals surface area (Å²) in [5, 5.41) is 5.21. The summed E-state index contributed by atoms with van der Waals surface area (Å²) in [4.78, 5) is 25.5. The number of rotatable bonds is 7. The zero-order valence-corrected chi connectivity index (χ0v) is 22.7. The van der Waals surface area contributed by atoms with Crippen LogP contribution in [0.3, 0.4) is 0 Å². The lowest BCUT2D eigenvalue weighted by Gasteiger charge is -2.25. The Morgan fingerprint density at radius 3 is 2.24 bits per heavy atom. The molecule has 1 aliphatic heterocycles. The second kappa shape index (κ2) is 13.3. The van der Waals surface area contributed by atoms with Gasteiger partial charge in [-0.25, -0.2) is 4.79 Å². The summed E-state index contributed by atoms with van der Waals surface area (Å²) in [6.07, 6.45) is -9.15. The first-order valence-corrected chi connectivity index (χ1v) is 13.5. The molecule has 0 bridgehead atoms. The van der Waals surface area contributed by atoms with E-state index in [9.17, 15) is 35.9 Å². The number of carbonyl (C=O) groups excluding carboxylic acids is 2. The largest absolute Gasteiger partial charge is 0.418 e. The van der Waals surface area contributed by atoms with Gasteiger partial charge in [0.2, 0.25) is 5.91 Å². The summed E-state index contributed by atoms with van der Waals surface area (Å²) in [7, 11) is 0. The van der Waals surface area contributed by atoms with E-state index >= 15 is 0 Å². The van der Waals surface area contributed by atoms with Crippen LogP contribution in [0.4, 0.5) is 36.8 Å². The standard InChI is InChI=1S/C29H25F6N3O3S/c30-28(31,32)25-20(10-12-24(39)38-13-15-41-16-14-38)9-11-23(26(25)29(33,34)35)42-22-8-4-7-21(17-22)37-27(40)36-18-19-5-2-1-3-6-19/h1-12,17H,13-16,18H2,(H2,36,37,40)/b12-10+. The molecule has 1 aliphatic rings. The third-order valence-electron chi connectivity index (χ3n) is 6.11. The highest BCUT2D eigenvalue weighted by atomic mass is 32.2. The highest BCUT2D eigenvalue weighted by Crippen LogP contribution is 2.48. The molecule has 222 valence electrons. The first-order chi connectivity index (χ1) is 19.9. The van der Waals surface area contributed by atoms with Gasteiger partial charge in [0.1, 0.15) is 0 Å². The second-order valence-electron chi connectivity index (χ2n) is 9.09. The topological polar surface area (TPSA) is 70.7 Å². The molecule has 2 N–H and O–H groups in total. The van der Waals surface area contributed by atoms with Gasteiger partial charge in [-0.3, -0.25) is 4.79 Å². The lowest BCUT2D eigenvalue weighted by molar-refractivity contribution is -0.163. The van der Waals surface area contributed by atoms with Gasteiger partial charge >= 0.3 is 18.4 Å². The molecule has 0 unspecified atom stereocenters. The molecule has 0 aromatic heterocycles. The molecule has 1 saturated heterocycles. The van der Waals surface area contributed by atoms with Gasteiger partial charge < -0.3 is 20.3 Å². The smallest absolute Gasteiger partial charge is 0.378 e. The molecule has 3 aromatic rings. The van der Waals surface area contributed by atoms with Gasteiger partial charge in [0.25, 0.3) is 0 Å². The molecule has 1 fully saturated rings. The van der Waals surface area contributed by atoms with E-state index < -0.39 is 45.9 Å². The molecule has 0 radical (unpaired) electrons. The van der Waals surface area contributed by atoms with Gasteiger partial charge in [-0.2, -0.15) is 26.3 Å². The van der Waals surface area contributed by atoms with E-state index in [1.54, 1.807) is 0 Å².